The maximum atomic E-state index is 14.3. The highest BCUT2D eigenvalue weighted by atomic mass is 19.1. The molecule has 0 radical (unpaired) electrons. The second kappa shape index (κ2) is 6.71. The van der Waals surface area contributed by atoms with Crippen molar-refractivity contribution in [2.45, 2.75) is 43.7 Å². The fourth-order valence-electron chi connectivity index (χ4n) is 3.45. The van der Waals surface area contributed by atoms with Crippen molar-refractivity contribution in [2.75, 3.05) is 18.0 Å². The molecule has 2 saturated heterocycles. The van der Waals surface area contributed by atoms with Gasteiger partial charge in [-0.3, -0.25) is 14.9 Å². The van der Waals surface area contributed by atoms with E-state index in [0.717, 1.165) is 11.3 Å². The van der Waals surface area contributed by atoms with Crippen LogP contribution in [0.25, 0.3) is 0 Å². The van der Waals surface area contributed by atoms with E-state index in [1.807, 2.05) is 24.3 Å². The number of halogens is 1. The van der Waals surface area contributed by atoms with E-state index in [0.29, 0.717) is 45.1 Å². The van der Waals surface area contributed by atoms with Gasteiger partial charge in [0.05, 0.1) is 5.92 Å². The summed E-state index contributed by atoms with van der Waals surface area (Å²) < 4.78 is 14.3. The van der Waals surface area contributed by atoms with E-state index in [4.69, 9.17) is 0 Å². The van der Waals surface area contributed by atoms with E-state index in [9.17, 15) is 18.8 Å². The number of hydrogen-bond donors (Lipinski definition) is 1. The lowest BCUT2D eigenvalue weighted by Gasteiger charge is -2.37. The van der Waals surface area contributed by atoms with Gasteiger partial charge in [0, 0.05) is 31.6 Å². The minimum absolute atomic E-state index is 0.0325. The van der Waals surface area contributed by atoms with E-state index < -0.39 is 5.67 Å². The summed E-state index contributed by atoms with van der Waals surface area (Å²) in [6.45, 7) is 1.14. The second-order valence-electron chi connectivity index (χ2n) is 6.60. The SMILES string of the molecule is O=CCC1(F)CCN(c2ccc(C3CCC(=O)NC3=O)cc2)CC1. The number of piperidine rings is 2. The Morgan fingerprint density at radius 2 is 1.88 bits per heavy atom. The van der Waals surface area contributed by atoms with Crippen molar-refractivity contribution in [1.29, 1.82) is 0 Å². The number of aldehydes is 1. The number of benzene rings is 1. The molecule has 3 rings (SSSR count). The molecule has 128 valence electrons. The second-order valence-corrected chi connectivity index (χ2v) is 6.60. The quantitative estimate of drug-likeness (QED) is 0.677. The molecular weight excluding hydrogens is 311 g/mol. The summed E-state index contributed by atoms with van der Waals surface area (Å²) in [7, 11) is 0. The molecule has 2 aliphatic heterocycles. The molecule has 0 bridgehead atoms. The smallest absolute Gasteiger partial charge is 0.234 e. The van der Waals surface area contributed by atoms with Gasteiger partial charge in [-0.15, -0.1) is 0 Å². The van der Waals surface area contributed by atoms with Gasteiger partial charge in [0.2, 0.25) is 11.8 Å². The van der Waals surface area contributed by atoms with Gasteiger partial charge in [0.25, 0.3) is 0 Å². The maximum absolute atomic E-state index is 14.3. The normalized spacial score (nSPS) is 23.7. The standard InChI is InChI=1S/C18H21FN2O3/c19-18(9-12-22)7-10-21(11-8-18)14-3-1-13(2-4-14)15-5-6-16(23)20-17(15)24/h1-4,12,15H,5-11H2,(H,20,23,24). The molecular formula is C18H21FN2O3. The van der Waals surface area contributed by atoms with Gasteiger partial charge in [0.1, 0.15) is 12.0 Å². The third-order valence-electron chi connectivity index (χ3n) is 5.01. The molecule has 1 N–H and O–H groups in total. The average molecular weight is 332 g/mol. The van der Waals surface area contributed by atoms with Crippen molar-refractivity contribution in [2.24, 2.45) is 0 Å². The molecule has 0 spiro atoms. The first-order valence-corrected chi connectivity index (χ1v) is 8.32. The van der Waals surface area contributed by atoms with Crippen LogP contribution in [-0.4, -0.2) is 36.9 Å². The summed E-state index contributed by atoms with van der Waals surface area (Å²) in [5.41, 5.74) is 0.506. The number of nitrogens with zero attached hydrogens (tertiary/aromatic N) is 1. The van der Waals surface area contributed by atoms with Gasteiger partial charge in [-0.05, 0) is 37.0 Å². The minimum Gasteiger partial charge on any atom is -0.371 e. The molecule has 2 aliphatic rings. The lowest BCUT2D eigenvalue weighted by atomic mass is 9.89. The zero-order chi connectivity index (χ0) is 17.2. The van der Waals surface area contributed by atoms with Crippen LogP contribution in [0, 0.1) is 0 Å². The molecule has 0 saturated carbocycles. The van der Waals surface area contributed by atoms with E-state index in [-0.39, 0.29) is 24.2 Å². The van der Waals surface area contributed by atoms with Crippen LogP contribution in [0.1, 0.15) is 43.6 Å². The number of hydrogen-bond acceptors (Lipinski definition) is 4. The first kappa shape index (κ1) is 16.6. The molecule has 2 heterocycles. The topological polar surface area (TPSA) is 66.5 Å². The van der Waals surface area contributed by atoms with Crippen LogP contribution in [-0.2, 0) is 14.4 Å². The van der Waals surface area contributed by atoms with Crippen molar-refractivity contribution < 1.29 is 18.8 Å². The Labute approximate surface area is 140 Å². The molecule has 1 aromatic rings. The van der Waals surface area contributed by atoms with E-state index in [2.05, 4.69) is 10.2 Å². The Balaban J connectivity index is 1.64. The highest BCUT2D eigenvalue weighted by molar-refractivity contribution is 6.00. The predicted molar refractivity (Wildman–Crippen MR) is 87.5 cm³/mol. The van der Waals surface area contributed by atoms with Gasteiger partial charge in [-0.2, -0.15) is 0 Å². The highest BCUT2D eigenvalue weighted by Gasteiger charge is 2.34. The number of amides is 2. The zero-order valence-electron chi connectivity index (χ0n) is 13.5. The molecule has 0 aliphatic carbocycles. The summed E-state index contributed by atoms with van der Waals surface area (Å²) in [6, 6.07) is 7.67. The maximum Gasteiger partial charge on any atom is 0.234 e. The molecule has 1 aromatic carbocycles. The van der Waals surface area contributed by atoms with Crippen molar-refractivity contribution in [3.8, 4) is 0 Å². The van der Waals surface area contributed by atoms with E-state index in [1.165, 1.54) is 0 Å². The molecule has 6 heteroatoms. The lowest BCUT2D eigenvalue weighted by molar-refractivity contribution is -0.134. The van der Waals surface area contributed by atoms with Gasteiger partial charge in [-0.25, -0.2) is 4.39 Å². The van der Waals surface area contributed by atoms with Crippen LogP contribution < -0.4 is 10.2 Å². The van der Waals surface area contributed by atoms with E-state index in [1.54, 1.807) is 0 Å². The number of carbonyl (C=O) groups excluding carboxylic acids is 3. The van der Waals surface area contributed by atoms with Crippen molar-refractivity contribution in [3.63, 3.8) is 0 Å². The number of alkyl halides is 1. The van der Waals surface area contributed by atoms with Gasteiger partial charge in [0.15, 0.2) is 0 Å². The van der Waals surface area contributed by atoms with Crippen molar-refractivity contribution in [1.82, 2.24) is 5.32 Å². The zero-order valence-corrected chi connectivity index (χ0v) is 13.5. The highest BCUT2D eigenvalue weighted by Crippen LogP contribution is 2.32. The largest absolute Gasteiger partial charge is 0.371 e. The third-order valence-corrected chi connectivity index (χ3v) is 5.01. The molecule has 0 aromatic heterocycles. The summed E-state index contributed by atoms with van der Waals surface area (Å²) >= 11 is 0. The van der Waals surface area contributed by atoms with Crippen LogP contribution in [0.3, 0.4) is 0 Å². The summed E-state index contributed by atoms with van der Waals surface area (Å²) in [4.78, 5) is 35.8. The van der Waals surface area contributed by atoms with Crippen LogP contribution in [0.5, 0.6) is 0 Å². The Hall–Kier alpha value is -2.24. The fourth-order valence-corrected chi connectivity index (χ4v) is 3.45. The summed E-state index contributed by atoms with van der Waals surface area (Å²) in [6.07, 6.45) is 2.21. The van der Waals surface area contributed by atoms with Gasteiger partial charge < -0.3 is 9.69 Å². The van der Waals surface area contributed by atoms with Crippen LogP contribution >= 0.6 is 0 Å². The predicted octanol–water partition coefficient (Wildman–Crippen LogP) is 2.10. The third kappa shape index (κ3) is 3.47. The van der Waals surface area contributed by atoms with E-state index >= 15 is 0 Å². The molecule has 2 fully saturated rings. The van der Waals surface area contributed by atoms with Crippen LogP contribution in [0.15, 0.2) is 24.3 Å². The Morgan fingerprint density at radius 3 is 2.46 bits per heavy atom. The van der Waals surface area contributed by atoms with Gasteiger partial charge >= 0.3 is 0 Å². The molecule has 1 atom stereocenters. The summed E-state index contributed by atoms with van der Waals surface area (Å²) in [5, 5.41) is 2.37. The number of nitrogens with one attached hydrogen (secondary N) is 1. The molecule has 2 amide bonds. The lowest BCUT2D eigenvalue weighted by Crippen LogP contribution is -2.42. The molecule has 24 heavy (non-hydrogen) atoms. The first-order valence-electron chi connectivity index (χ1n) is 8.32. The monoisotopic (exact) mass is 332 g/mol. The number of anilines is 1. The Kier molecular flexibility index (Phi) is 4.64. The first-order chi connectivity index (χ1) is 11.5. The molecule has 5 nitrogen and oxygen atoms in total. The number of imide groups is 1. The van der Waals surface area contributed by atoms with Crippen LogP contribution in [0.2, 0.25) is 0 Å². The number of carbonyl (C=O) groups is 3. The fraction of sp³-hybridized carbons (Fsp3) is 0.500. The minimum atomic E-state index is -1.37. The number of rotatable bonds is 4. The molecule has 1 unspecified atom stereocenters. The Bertz CT molecular complexity index is 636. The van der Waals surface area contributed by atoms with Gasteiger partial charge in [-0.1, -0.05) is 12.1 Å². The van der Waals surface area contributed by atoms with Crippen LogP contribution in [0.4, 0.5) is 10.1 Å². The van der Waals surface area contributed by atoms with Crippen molar-refractivity contribution >= 4 is 23.8 Å². The average Bonchev–Trinajstić information content (AvgIpc) is 2.56. The summed E-state index contributed by atoms with van der Waals surface area (Å²) in [5.74, 6) is -0.747. The Morgan fingerprint density at radius 1 is 1.21 bits per heavy atom. The van der Waals surface area contributed by atoms with Crippen molar-refractivity contribution in [3.05, 3.63) is 29.8 Å².